The van der Waals surface area contributed by atoms with Gasteiger partial charge in [0, 0.05) is 20.1 Å². The zero-order valence-corrected chi connectivity index (χ0v) is 21.9. The first kappa shape index (κ1) is 31.6. The van der Waals surface area contributed by atoms with Crippen LogP contribution in [0.2, 0.25) is 0 Å². The standard InChI is InChI=1S/C25H49NO7S/c1-31-19-20-22(28)23(29)24(30)25(33-20)32-17-16-26-21(27)15-13-11-9-7-5-3-2-4-6-8-10-12-14-18-34/h20,22-25,28-30,34H,2-19H2,1H3,(H,26,27)/t20-,22+,23+,24-,25-/m1/s1. The summed E-state index contributed by atoms with van der Waals surface area (Å²) < 4.78 is 15.9. The summed E-state index contributed by atoms with van der Waals surface area (Å²) in [6.45, 7) is 0.485. The number of amides is 1. The molecule has 0 saturated carbocycles. The molecular formula is C25H49NO7S. The highest BCUT2D eigenvalue weighted by molar-refractivity contribution is 7.80. The molecule has 1 amide bonds. The van der Waals surface area contributed by atoms with Gasteiger partial charge in [-0.1, -0.05) is 70.6 Å². The summed E-state index contributed by atoms with van der Waals surface area (Å²) in [5.41, 5.74) is 0. The fraction of sp³-hybridized carbons (Fsp3) is 0.960. The van der Waals surface area contributed by atoms with Crippen LogP contribution in [-0.2, 0) is 19.0 Å². The van der Waals surface area contributed by atoms with Crippen LogP contribution in [0, 0.1) is 0 Å². The number of rotatable bonds is 21. The van der Waals surface area contributed by atoms with Crippen molar-refractivity contribution >= 4 is 18.5 Å². The summed E-state index contributed by atoms with van der Waals surface area (Å²) in [6.07, 6.45) is 10.9. The molecule has 1 aliphatic heterocycles. The molecule has 1 saturated heterocycles. The number of carbonyl (C=O) groups is 1. The monoisotopic (exact) mass is 507 g/mol. The molecule has 9 heteroatoms. The first-order valence-electron chi connectivity index (χ1n) is 13.2. The molecule has 0 spiro atoms. The van der Waals surface area contributed by atoms with E-state index >= 15 is 0 Å². The molecule has 0 aromatic rings. The van der Waals surface area contributed by atoms with Gasteiger partial charge in [-0.15, -0.1) is 0 Å². The van der Waals surface area contributed by atoms with E-state index in [0.29, 0.717) is 6.42 Å². The molecule has 1 heterocycles. The van der Waals surface area contributed by atoms with Crippen molar-refractivity contribution in [3.63, 3.8) is 0 Å². The van der Waals surface area contributed by atoms with E-state index in [1.165, 1.54) is 77.7 Å². The SMILES string of the molecule is COC[C@H]1O[C@@H](OCCNC(=O)CCCCCCCCCCCCCCCS)[C@H](O)[C@@H](O)[C@H]1O. The zero-order valence-electron chi connectivity index (χ0n) is 21.0. The Kier molecular flexibility index (Phi) is 19.3. The van der Waals surface area contributed by atoms with Gasteiger partial charge in [0.2, 0.25) is 5.91 Å². The number of unbranched alkanes of at least 4 members (excludes halogenated alkanes) is 12. The van der Waals surface area contributed by atoms with Gasteiger partial charge in [0.25, 0.3) is 0 Å². The summed E-state index contributed by atoms with van der Waals surface area (Å²) >= 11 is 4.24. The minimum atomic E-state index is -1.38. The van der Waals surface area contributed by atoms with E-state index in [2.05, 4.69) is 17.9 Å². The summed E-state index contributed by atoms with van der Waals surface area (Å²) in [6, 6.07) is 0. The minimum absolute atomic E-state index is 0.0178. The molecule has 1 rings (SSSR count). The number of aliphatic hydroxyl groups excluding tert-OH is 3. The zero-order chi connectivity index (χ0) is 25.0. The first-order chi connectivity index (χ1) is 16.5. The molecule has 4 N–H and O–H groups in total. The van der Waals surface area contributed by atoms with Crippen molar-refractivity contribution < 1.29 is 34.3 Å². The first-order valence-corrected chi connectivity index (χ1v) is 13.8. The van der Waals surface area contributed by atoms with Gasteiger partial charge in [-0.3, -0.25) is 4.79 Å². The third-order valence-corrected chi connectivity index (χ3v) is 6.58. The van der Waals surface area contributed by atoms with Gasteiger partial charge < -0.3 is 34.8 Å². The lowest BCUT2D eigenvalue weighted by atomic mass is 9.99. The molecule has 8 nitrogen and oxygen atoms in total. The van der Waals surface area contributed by atoms with E-state index in [-0.39, 0.29) is 25.7 Å². The Bertz CT molecular complexity index is 500. The lowest BCUT2D eigenvalue weighted by Gasteiger charge is -2.40. The van der Waals surface area contributed by atoms with Gasteiger partial charge in [0.1, 0.15) is 24.4 Å². The highest BCUT2D eigenvalue weighted by Crippen LogP contribution is 2.22. The van der Waals surface area contributed by atoms with E-state index in [0.717, 1.165) is 18.6 Å². The molecule has 0 aromatic carbocycles. The van der Waals surface area contributed by atoms with Crippen LogP contribution >= 0.6 is 12.6 Å². The topological polar surface area (TPSA) is 117 Å². The second-order valence-corrected chi connectivity index (χ2v) is 9.71. The lowest BCUT2D eigenvalue weighted by molar-refractivity contribution is -0.301. The maximum absolute atomic E-state index is 12.0. The van der Waals surface area contributed by atoms with E-state index in [1.807, 2.05) is 0 Å². The molecule has 0 unspecified atom stereocenters. The van der Waals surface area contributed by atoms with Crippen molar-refractivity contribution in [3.05, 3.63) is 0 Å². The number of ether oxygens (including phenoxy) is 3. The summed E-state index contributed by atoms with van der Waals surface area (Å²) in [5.74, 6) is 0.994. The van der Waals surface area contributed by atoms with Crippen molar-refractivity contribution in [1.82, 2.24) is 5.32 Å². The second kappa shape index (κ2) is 20.7. The highest BCUT2D eigenvalue weighted by atomic mass is 32.1. The van der Waals surface area contributed by atoms with Gasteiger partial charge in [-0.05, 0) is 18.6 Å². The number of thiol groups is 1. The third kappa shape index (κ3) is 14.2. The van der Waals surface area contributed by atoms with Crippen LogP contribution in [0.3, 0.4) is 0 Å². The van der Waals surface area contributed by atoms with Crippen LogP contribution in [-0.4, -0.2) is 84.6 Å². The fourth-order valence-electron chi connectivity index (χ4n) is 4.15. The number of carbonyl (C=O) groups excluding carboxylic acids is 1. The van der Waals surface area contributed by atoms with Crippen molar-refractivity contribution in [2.45, 2.75) is 121 Å². The van der Waals surface area contributed by atoms with Gasteiger partial charge in [-0.2, -0.15) is 12.6 Å². The molecule has 1 fully saturated rings. The van der Waals surface area contributed by atoms with Crippen molar-refractivity contribution in [1.29, 1.82) is 0 Å². The Labute approximate surface area is 211 Å². The Hall–Kier alpha value is -0.420. The normalized spacial score (nSPS) is 24.9. The quantitative estimate of drug-likeness (QED) is 0.120. The van der Waals surface area contributed by atoms with Crippen LogP contribution in [0.25, 0.3) is 0 Å². The molecule has 5 atom stereocenters. The third-order valence-electron chi connectivity index (χ3n) is 6.27. The summed E-state index contributed by atoms with van der Waals surface area (Å²) in [7, 11) is 1.45. The van der Waals surface area contributed by atoms with Crippen molar-refractivity contribution in [3.8, 4) is 0 Å². The fourth-order valence-corrected chi connectivity index (χ4v) is 4.38. The van der Waals surface area contributed by atoms with Crippen molar-refractivity contribution in [2.24, 2.45) is 0 Å². The lowest BCUT2D eigenvalue weighted by Crippen LogP contribution is -2.59. The van der Waals surface area contributed by atoms with Crippen LogP contribution < -0.4 is 5.32 Å². The summed E-state index contributed by atoms with van der Waals surface area (Å²) in [4.78, 5) is 12.0. The maximum Gasteiger partial charge on any atom is 0.220 e. The van der Waals surface area contributed by atoms with E-state index < -0.39 is 30.7 Å². The Balaban J connectivity index is 1.94. The van der Waals surface area contributed by atoms with Gasteiger partial charge in [0.15, 0.2) is 6.29 Å². The van der Waals surface area contributed by atoms with E-state index in [9.17, 15) is 20.1 Å². The van der Waals surface area contributed by atoms with E-state index in [4.69, 9.17) is 14.2 Å². The Morgan fingerprint density at radius 3 is 1.88 bits per heavy atom. The number of hydrogen-bond acceptors (Lipinski definition) is 8. The molecule has 0 aromatic heterocycles. The minimum Gasteiger partial charge on any atom is -0.387 e. The van der Waals surface area contributed by atoms with Gasteiger partial charge in [-0.25, -0.2) is 0 Å². The summed E-state index contributed by atoms with van der Waals surface area (Å²) in [5, 5.41) is 32.6. The maximum atomic E-state index is 12.0. The van der Waals surface area contributed by atoms with Gasteiger partial charge in [0.05, 0.1) is 13.2 Å². The number of nitrogens with one attached hydrogen (secondary N) is 1. The molecule has 202 valence electrons. The van der Waals surface area contributed by atoms with Gasteiger partial charge >= 0.3 is 0 Å². The molecule has 1 aliphatic rings. The number of methoxy groups -OCH3 is 1. The molecular weight excluding hydrogens is 458 g/mol. The van der Waals surface area contributed by atoms with E-state index in [1.54, 1.807) is 0 Å². The highest BCUT2D eigenvalue weighted by Gasteiger charge is 2.44. The predicted molar refractivity (Wildman–Crippen MR) is 136 cm³/mol. The average Bonchev–Trinajstić information content (AvgIpc) is 2.83. The van der Waals surface area contributed by atoms with Crippen molar-refractivity contribution in [2.75, 3.05) is 32.6 Å². The molecule has 34 heavy (non-hydrogen) atoms. The molecule has 0 bridgehead atoms. The smallest absolute Gasteiger partial charge is 0.220 e. The largest absolute Gasteiger partial charge is 0.387 e. The molecule has 0 aliphatic carbocycles. The van der Waals surface area contributed by atoms with Crippen LogP contribution in [0.5, 0.6) is 0 Å². The predicted octanol–water partition coefficient (Wildman–Crippen LogP) is 2.96. The number of hydrogen-bond donors (Lipinski definition) is 5. The molecule has 0 radical (unpaired) electrons. The Morgan fingerprint density at radius 1 is 0.824 bits per heavy atom. The second-order valence-electron chi connectivity index (χ2n) is 9.26. The number of aliphatic hydroxyl groups is 3. The Morgan fingerprint density at radius 2 is 1.35 bits per heavy atom. The van der Waals surface area contributed by atoms with Crippen LogP contribution in [0.4, 0.5) is 0 Å². The van der Waals surface area contributed by atoms with Crippen LogP contribution in [0.15, 0.2) is 0 Å². The average molecular weight is 508 g/mol. The van der Waals surface area contributed by atoms with Crippen LogP contribution in [0.1, 0.15) is 89.9 Å².